The summed E-state index contributed by atoms with van der Waals surface area (Å²) in [6, 6.07) is 9.34. The molecule has 0 aliphatic heterocycles. The van der Waals surface area contributed by atoms with E-state index in [0.717, 1.165) is 17.9 Å². The van der Waals surface area contributed by atoms with Gasteiger partial charge in [0.2, 0.25) is 0 Å². The van der Waals surface area contributed by atoms with Crippen molar-refractivity contribution in [2.24, 2.45) is 0 Å². The highest BCUT2D eigenvalue weighted by molar-refractivity contribution is 6.30. The van der Waals surface area contributed by atoms with Crippen molar-refractivity contribution < 1.29 is 0 Å². The Hall–Kier alpha value is -0.970. The number of benzene rings is 1. The third kappa shape index (κ3) is 3.28. The van der Waals surface area contributed by atoms with Gasteiger partial charge in [-0.15, -0.1) is 12.3 Å². The molecule has 1 atom stereocenters. The molecular formula is C16H20ClN. The lowest BCUT2D eigenvalue weighted by Crippen LogP contribution is -2.45. The van der Waals surface area contributed by atoms with Crippen LogP contribution in [0.4, 0.5) is 0 Å². The lowest BCUT2D eigenvalue weighted by Gasteiger charge is -2.38. The topological polar surface area (TPSA) is 12.0 Å². The molecule has 1 nitrogen and oxygen atoms in total. The summed E-state index contributed by atoms with van der Waals surface area (Å²) in [5.74, 6) is 3.43. The summed E-state index contributed by atoms with van der Waals surface area (Å²) in [5, 5.41) is 4.46. The molecular weight excluding hydrogens is 242 g/mol. The first-order chi connectivity index (χ1) is 8.72. The molecule has 2 heteroatoms. The lowest BCUT2D eigenvalue weighted by molar-refractivity contribution is 0.262. The van der Waals surface area contributed by atoms with Crippen molar-refractivity contribution in [2.75, 3.05) is 0 Å². The van der Waals surface area contributed by atoms with Gasteiger partial charge in [0.1, 0.15) is 0 Å². The van der Waals surface area contributed by atoms with Gasteiger partial charge >= 0.3 is 0 Å². The van der Waals surface area contributed by atoms with E-state index in [-0.39, 0.29) is 0 Å². The van der Waals surface area contributed by atoms with Crippen molar-refractivity contribution in [1.82, 2.24) is 5.32 Å². The fourth-order valence-electron chi connectivity index (χ4n) is 2.56. The molecule has 0 spiro atoms. The summed E-state index contributed by atoms with van der Waals surface area (Å²) in [5.41, 5.74) is 1.41. The van der Waals surface area contributed by atoms with E-state index >= 15 is 0 Å². The van der Waals surface area contributed by atoms with Crippen molar-refractivity contribution in [2.45, 2.75) is 50.6 Å². The van der Waals surface area contributed by atoms with Crippen molar-refractivity contribution in [1.29, 1.82) is 0 Å². The monoisotopic (exact) mass is 261 g/mol. The third-order valence-corrected chi connectivity index (χ3v) is 4.06. The van der Waals surface area contributed by atoms with Crippen molar-refractivity contribution in [3.8, 4) is 12.3 Å². The predicted molar refractivity (Wildman–Crippen MR) is 77.9 cm³/mol. The van der Waals surface area contributed by atoms with Crippen molar-refractivity contribution in [3.63, 3.8) is 0 Å². The summed E-state index contributed by atoms with van der Waals surface area (Å²) in [4.78, 5) is 0. The van der Waals surface area contributed by atoms with Crippen LogP contribution < -0.4 is 5.32 Å². The summed E-state index contributed by atoms with van der Waals surface area (Å²) < 4.78 is 0. The number of terminal acetylenes is 1. The zero-order valence-corrected chi connectivity index (χ0v) is 11.6. The molecule has 96 valence electrons. The fraction of sp³-hybridized carbons (Fsp3) is 0.500. The van der Waals surface area contributed by atoms with E-state index in [9.17, 15) is 0 Å². The molecule has 1 aliphatic carbocycles. The van der Waals surface area contributed by atoms with Crippen LogP contribution in [-0.4, -0.2) is 12.1 Å². The summed E-state index contributed by atoms with van der Waals surface area (Å²) in [6.45, 7) is 2.18. The molecule has 18 heavy (non-hydrogen) atoms. The van der Waals surface area contributed by atoms with Crippen LogP contribution in [0.1, 0.15) is 44.1 Å². The molecule has 0 radical (unpaired) electrons. The molecule has 1 N–H and O–H groups in total. The highest BCUT2D eigenvalue weighted by Gasteiger charge is 2.30. The maximum atomic E-state index is 5.90. The van der Waals surface area contributed by atoms with Crippen LogP contribution in [-0.2, 0) is 0 Å². The van der Waals surface area contributed by atoms with E-state index in [0.29, 0.717) is 18.0 Å². The van der Waals surface area contributed by atoms with Crippen molar-refractivity contribution >= 4 is 11.6 Å². The summed E-state index contributed by atoms with van der Waals surface area (Å²) >= 11 is 5.90. The van der Waals surface area contributed by atoms with Gasteiger partial charge in [-0.2, -0.15) is 0 Å². The van der Waals surface area contributed by atoms with Crippen LogP contribution in [0.3, 0.4) is 0 Å². The third-order valence-electron chi connectivity index (χ3n) is 3.81. The van der Waals surface area contributed by atoms with Crippen LogP contribution in [0.15, 0.2) is 24.3 Å². The predicted octanol–water partition coefficient (Wildman–Crippen LogP) is 3.98. The Balaban J connectivity index is 1.80. The van der Waals surface area contributed by atoms with Gasteiger partial charge in [-0.25, -0.2) is 0 Å². The van der Waals surface area contributed by atoms with Gasteiger partial charge < -0.3 is 5.32 Å². The SMILES string of the molecule is C#CC[C@@H](CC)NC1CC(c2ccc(Cl)cc2)C1. The minimum atomic E-state index is 0.478. The van der Waals surface area contributed by atoms with Crippen LogP contribution >= 0.6 is 11.6 Å². The minimum Gasteiger partial charge on any atom is -0.310 e. The van der Waals surface area contributed by atoms with Gasteiger partial charge in [-0.05, 0) is 42.9 Å². The number of hydrogen-bond acceptors (Lipinski definition) is 1. The first-order valence-electron chi connectivity index (χ1n) is 6.68. The second-order valence-electron chi connectivity index (χ2n) is 5.10. The Bertz CT molecular complexity index is 412. The van der Waals surface area contributed by atoms with Crippen molar-refractivity contribution in [3.05, 3.63) is 34.9 Å². The molecule has 0 aromatic heterocycles. The molecule has 1 fully saturated rings. The molecule has 1 aromatic rings. The number of rotatable bonds is 5. The Labute approximate surface area is 115 Å². The first-order valence-corrected chi connectivity index (χ1v) is 7.05. The van der Waals surface area contributed by atoms with Gasteiger partial charge in [0, 0.05) is 23.5 Å². The number of hydrogen-bond donors (Lipinski definition) is 1. The Kier molecular flexibility index (Phi) is 4.69. The Morgan fingerprint density at radius 1 is 1.39 bits per heavy atom. The maximum absolute atomic E-state index is 5.90. The highest BCUT2D eigenvalue weighted by atomic mass is 35.5. The average Bonchev–Trinajstić information content (AvgIpc) is 2.33. The molecule has 0 heterocycles. The second-order valence-corrected chi connectivity index (χ2v) is 5.53. The van der Waals surface area contributed by atoms with Gasteiger partial charge in [-0.3, -0.25) is 0 Å². The second kappa shape index (κ2) is 6.27. The van der Waals surface area contributed by atoms with Gasteiger partial charge in [0.15, 0.2) is 0 Å². The van der Waals surface area contributed by atoms with E-state index in [2.05, 4.69) is 30.3 Å². The fourth-order valence-corrected chi connectivity index (χ4v) is 2.68. The zero-order chi connectivity index (χ0) is 13.0. The van der Waals surface area contributed by atoms with Crippen LogP contribution in [0, 0.1) is 12.3 Å². The number of halogens is 1. The Morgan fingerprint density at radius 2 is 2.06 bits per heavy atom. The standard InChI is InChI=1S/C16H20ClN/c1-3-5-15(4-2)18-16-10-13(11-16)12-6-8-14(17)9-7-12/h1,6-9,13,15-16,18H,4-5,10-11H2,2H3/t13?,15-,16?/m1/s1. The van der Waals surface area contributed by atoms with Gasteiger partial charge in [-0.1, -0.05) is 30.7 Å². The first kappa shape index (κ1) is 13.5. The van der Waals surface area contributed by atoms with E-state index in [1.807, 2.05) is 12.1 Å². The van der Waals surface area contributed by atoms with E-state index in [1.54, 1.807) is 0 Å². The summed E-state index contributed by atoms with van der Waals surface area (Å²) in [7, 11) is 0. The molecule has 0 amide bonds. The van der Waals surface area contributed by atoms with Gasteiger partial charge in [0.25, 0.3) is 0 Å². The molecule has 0 bridgehead atoms. The molecule has 0 unspecified atom stereocenters. The minimum absolute atomic E-state index is 0.478. The van der Waals surface area contributed by atoms with Gasteiger partial charge in [0.05, 0.1) is 0 Å². The molecule has 1 aromatic carbocycles. The summed E-state index contributed by atoms with van der Waals surface area (Å²) in [6.07, 6.45) is 9.73. The van der Waals surface area contributed by atoms with E-state index < -0.39 is 0 Å². The maximum Gasteiger partial charge on any atom is 0.0406 e. The molecule has 0 saturated heterocycles. The zero-order valence-electron chi connectivity index (χ0n) is 10.8. The highest BCUT2D eigenvalue weighted by Crippen LogP contribution is 2.37. The lowest BCUT2D eigenvalue weighted by atomic mass is 9.75. The molecule has 1 aliphatic rings. The van der Waals surface area contributed by atoms with Crippen LogP contribution in [0.2, 0.25) is 5.02 Å². The number of nitrogens with one attached hydrogen (secondary N) is 1. The molecule has 2 rings (SSSR count). The smallest absolute Gasteiger partial charge is 0.0406 e. The Morgan fingerprint density at radius 3 is 2.61 bits per heavy atom. The average molecular weight is 262 g/mol. The largest absolute Gasteiger partial charge is 0.310 e. The normalized spacial score (nSPS) is 24.1. The quantitative estimate of drug-likeness (QED) is 0.791. The molecule has 1 saturated carbocycles. The van der Waals surface area contributed by atoms with E-state index in [4.69, 9.17) is 18.0 Å². The van der Waals surface area contributed by atoms with E-state index in [1.165, 1.54) is 18.4 Å². The van der Waals surface area contributed by atoms with Crippen LogP contribution in [0.25, 0.3) is 0 Å². The van der Waals surface area contributed by atoms with Crippen LogP contribution in [0.5, 0.6) is 0 Å².